The number of rotatable bonds is 3. The number of halogens is 2. The van der Waals surface area contributed by atoms with Crippen molar-refractivity contribution < 1.29 is 8.78 Å². The quantitative estimate of drug-likeness (QED) is 0.761. The van der Waals surface area contributed by atoms with Gasteiger partial charge >= 0.3 is 0 Å². The second-order valence-electron chi connectivity index (χ2n) is 4.40. The molecular formula is C10H20F2N2. The first-order valence-electron chi connectivity index (χ1n) is 5.28. The molecule has 3 unspecified atom stereocenters. The topological polar surface area (TPSA) is 29.3 Å². The highest BCUT2D eigenvalue weighted by atomic mass is 19.3. The maximum absolute atomic E-state index is 12.2. The molecule has 1 saturated heterocycles. The molecule has 3 atom stereocenters. The van der Waals surface area contributed by atoms with Crippen LogP contribution < -0.4 is 5.73 Å². The Balaban J connectivity index is 2.38. The van der Waals surface area contributed by atoms with Crippen LogP contribution in [0.1, 0.15) is 26.7 Å². The van der Waals surface area contributed by atoms with Gasteiger partial charge in [0.1, 0.15) is 0 Å². The van der Waals surface area contributed by atoms with Crippen molar-refractivity contribution >= 4 is 0 Å². The fraction of sp³-hybridized carbons (Fsp3) is 1.00. The Morgan fingerprint density at radius 1 is 1.50 bits per heavy atom. The molecule has 0 amide bonds. The predicted molar refractivity (Wildman–Crippen MR) is 53.4 cm³/mol. The minimum Gasteiger partial charge on any atom is -0.327 e. The normalized spacial score (nSPS) is 32.1. The molecule has 1 aliphatic rings. The highest BCUT2D eigenvalue weighted by molar-refractivity contribution is 4.82. The summed E-state index contributed by atoms with van der Waals surface area (Å²) in [7, 11) is 0. The van der Waals surface area contributed by atoms with Crippen LogP contribution in [-0.4, -0.2) is 36.5 Å². The molecule has 0 aromatic heterocycles. The Labute approximate surface area is 84.4 Å². The molecule has 4 heteroatoms. The summed E-state index contributed by atoms with van der Waals surface area (Å²) in [5.74, 6) is 0.420. The number of piperidine rings is 1. The van der Waals surface area contributed by atoms with Crippen molar-refractivity contribution in [2.75, 3.05) is 13.1 Å². The average molecular weight is 206 g/mol. The molecule has 1 rings (SSSR count). The van der Waals surface area contributed by atoms with E-state index in [1.54, 1.807) is 0 Å². The smallest absolute Gasteiger partial charge is 0.240 e. The largest absolute Gasteiger partial charge is 0.327 e. The third-order valence-corrected chi connectivity index (χ3v) is 3.15. The molecule has 2 nitrogen and oxygen atoms in total. The predicted octanol–water partition coefficient (Wildman–Crippen LogP) is 1.70. The number of nitrogens with two attached hydrogens (primary N) is 1. The second-order valence-corrected chi connectivity index (χ2v) is 4.40. The van der Waals surface area contributed by atoms with E-state index in [9.17, 15) is 8.78 Å². The maximum atomic E-state index is 12.2. The van der Waals surface area contributed by atoms with E-state index in [1.165, 1.54) is 0 Å². The van der Waals surface area contributed by atoms with Crippen molar-refractivity contribution in [2.45, 2.75) is 45.2 Å². The van der Waals surface area contributed by atoms with Crippen LogP contribution in [0.25, 0.3) is 0 Å². The van der Waals surface area contributed by atoms with Gasteiger partial charge in [0.25, 0.3) is 0 Å². The van der Waals surface area contributed by atoms with Gasteiger partial charge in [0.2, 0.25) is 6.43 Å². The molecule has 0 aromatic carbocycles. The lowest BCUT2D eigenvalue weighted by Gasteiger charge is -2.38. The first-order valence-corrected chi connectivity index (χ1v) is 5.28. The van der Waals surface area contributed by atoms with Crippen molar-refractivity contribution in [3.05, 3.63) is 0 Å². The standard InChI is InChI=1S/C10H20F2N2/c1-7-6-14(4-3-9(7)13)8(2)5-10(11)12/h7-10H,3-6,13H2,1-2H3. The Morgan fingerprint density at radius 3 is 2.64 bits per heavy atom. The third kappa shape index (κ3) is 3.17. The van der Waals surface area contributed by atoms with E-state index >= 15 is 0 Å². The minimum absolute atomic E-state index is 0.0232. The lowest BCUT2D eigenvalue weighted by Crippen LogP contribution is -2.49. The zero-order chi connectivity index (χ0) is 10.7. The van der Waals surface area contributed by atoms with E-state index in [2.05, 4.69) is 11.8 Å². The van der Waals surface area contributed by atoms with E-state index in [0.717, 1.165) is 19.5 Å². The van der Waals surface area contributed by atoms with Gasteiger partial charge in [-0.2, -0.15) is 0 Å². The molecule has 1 heterocycles. The van der Waals surface area contributed by atoms with Crippen LogP contribution in [0.5, 0.6) is 0 Å². The lowest BCUT2D eigenvalue weighted by molar-refractivity contribution is 0.0621. The van der Waals surface area contributed by atoms with Crippen LogP contribution >= 0.6 is 0 Å². The van der Waals surface area contributed by atoms with Crippen LogP contribution in [-0.2, 0) is 0 Å². The molecule has 2 N–H and O–H groups in total. The van der Waals surface area contributed by atoms with E-state index in [1.807, 2.05) is 6.92 Å². The molecule has 0 radical (unpaired) electrons. The number of hydrogen-bond acceptors (Lipinski definition) is 2. The molecule has 14 heavy (non-hydrogen) atoms. The summed E-state index contributed by atoms with van der Waals surface area (Å²) in [5, 5.41) is 0. The van der Waals surface area contributed by atoms with Gasteiger partial charge in [-0.1, -0.05) is 6.92 Å². The summed E-state index contributed by atoms with van der Waals surface area (Å²) in [6, 6.07) is 0.218. The Hall–Kier alpha value is -0.220. The Morgan fingerprint density at radius 2 is 2.14 bits per heavy atom. The molecule has 1 aliphatic heterocycles. The van der Waals surface area contributed by atoms with Crippen molar-refractivity contribution in [3.63, 3.8) is 0 Å². The molecular weight excluding hydrogens is 186 g/mol. The van der Waals surface area contributed by atoms with E-state index in [-0.39, 0.29) is 18.5 Å². The van der Waals surface area contributed by atoms with Crippen LogP contribution in [0.4, 0.5) is 8.78 Å². The van der Waals surface area contributed by atoms with Crippen LogP contribution in [0, 0.1) is 5.92 Å². The van der Waals surface area contributed by atoms with Crippen molar-refractivity contribution in [1.29, 1.82) is 0 Å². The molecule has 84 valence electrons. The second kappa shape index (κ2) is 5.03. The van der Waals surface area contributed by atoms with Crippen LogP contribution in [0.3, 0.4) is 0 Å². The third-order valence-electron chi connectivity index (χ3n) is 3.15. The van der Waals surface area contributed by atoms with Gasteiger partial charge in [-0.05, 0) is 25.8 Å². The molecule has 0 spiro atoms. The van der Waals surface area contributed by atoms with Crippen molar-refractivity contribution in [2.24, 2.45) is 11.7 Å². The highest BCUT2D eigenvalue weighted by Crippen LogP contribution is 2.19. The fourth-order valence-electron chi connectivity index (χ4n) is 2.00. The molecule has 0 aliphatic carbocycles. The van der Waals surface area contributed by atoms with Gasteiger partial charge in [-0.15, -0.1) is 0 Å². The van der Waals surface area contributed by atoms with E-state index < -0.39 is 6.43 Å². The highest BCUT2D eigenvalue weighted by Gasteiger charge is 2.27. The molecule has 1 fully saturated rings. The van der Waals surface area contributed by atoms with E-state index in [4.69, 9.17) is 5.73 Å². The lowest BCUT2D eigenvalue weighted by atomic mass is 9.93. The van der Waals surface area contributed by atoms with Gasteiger partial charge in [0, 0.05) is 25.0 Å². The first kappa shape index (κ1) is 11.9. The summed E-state index contributed by atoms with van der Waals surface area (Å²) < 4.78 is 24.3. The van der Waals surface area contributed by atoms with E-state index in [0.29, 0.717) is 5.92 Å². The Kier molecular flexibility index (Phi) is 4.26. The first-order chi connectivity index (χ1) is 6.50. The average Bonchev–Trinajstić information content (AvgIpc) is 2.08. The summed E-state index contributed by atoms with van der Waals surface area (Å²) in [6.07, 6.45) is -1.30. The molecule has 0 saturated carbocycles. The number of nitrogens with zero attached hydrogens (tertiary/aromatic N) is 1. The van der Waals surface area contributed by atoms with Gasteiger partial charge in [0.05, 0.1) is 0 Å². The maximum Gasteiger partial charge on any atom is 0.240 e. The van der Waals surface area contributed by atoms with Gasteiger partial charge in [-0.25, -0.2) is 8.78 Å². The minimum atomic E-state index is -2.20. The summed E-state index contributed by atoms with van der Waals surface area (Å²) in [5.41, 5.74) is 5.87. The fourth-order valence-corrected chi connectivity index (χ4v) is 2.00. The van der Waals surface area contributed by atoms with Gasteiger partial charge in [0.15, 0.2) is 0 Å². The zero-order valence-corrected chi connectivity index (χ0v) is 8.92. The molecule has 0 bridgehead atoms. The summed E-state index contributed by atoms with van der Waals surface area (Å²) in [6.45, 7) is 5.68. The monoisotopic (exact) mass is 206 g/mol. The number of likely N-dealkylation sites (tertiary alicyclic amines) is 1. The van der Waals surface area contributed by atoms with Crippen molar-refractivity contribution in [3.8, 4) is 0 Å². The van der Waals surface area contributed by atoms with Crippen molar-refractivity contribution in [1.82, 2.24) is 4.90 Å². The van der Waals surface area contributed by atoms with Crippen LogP contribution in [0.2, 0.25) is 0 Å². The zero-order valence-electron chi connectivity index (χ0n) is 8.92. The van der Waals surface area contributed by atoms with Gasteiger partial charge in [-0.3, -0.25) is 0 Å². The number of alkyl halides is 2. The Bertz CT molecular complexity index is 176. The SMILES string of the molecule is CC1CN(C(C)CC(F)F)CCC1N. The summed E-state index contributed by atoms with van der Waals surface area (Å²) in [4.78, 5) is 2.13. The summed E-state index contributed by atoms with van der Waals surface area (Å²) >= 11 is 0. The number of hydrogen-bond donors (Lipinski definition) is 1. The molecule has 0 aromatic rings. The van der Waals surface area contributed by atoms with Gasteiger partial charge < -0.3 is 10.6 Å². The van der Waals surface area contributed by atoms with Crippen LogP contribution in [0.15, 0.2) is 0 Å².